The van der Waals surface area contributed by atoms with Gasteiger partial charge in [0.2, 0.25) is 5.91 Å². The Morgan fingerprint density at radius 2 is 1.90 bits per heavy atom. The predicted molar refractivity (Wildman–Crippen MR) is 87.4 cm³/mol. The molecule has 0 unspecified atom stereocenters. The van der Waals surface area contributed by atoms with Crippen LogP contribution in [0.3, 0.4) is 0 Å². The number of hydrogen-bond acceptors (Lipinski definition) is 2. The molecular formula is C17H25ClN2O. The smallest absolute Gasteiger partial charge is 0.226 e. The van der Waals surface area contributed by atoms with Gasteiger partial charge in [0.25, 0.3) is 0 Å². The SMILES string of the molecule is CC1(C)CCC(NC[C@@H](C(N)=O)c2ccc(Cl)cc2)CC1. The van der Waals surface area contributed by atoms with Gasteiger partial charge in [-0.15, -0.1) is 0 Å². The summed E-state index contributed by atoms with van der Waals surface area (Å²) in [5, 5.41) is 4.19. The Balaban J connectivity index is 1.92. The van der Waals surface area contributed by atoms with Crippen LogP contribution >= 0.6 is 11.6 Å². The van der Waals surface area contributed by atoms with Crippen molar-refractivity contribution in [3.8, 4) is 0 Å². The van der Waals surface area contributed by atoms with E-state index >= 15 is 0 Å². The number of nitrogens with two attached hydrogens (primary N) is 1. The van der Waals surface area contributed by atoms with Gasteiger partial charge < -0.3 is 11.1 Å². The molecule has 1 fully saturated rings. The third-order valence-corrected chi connectivity index (χ3v) is 4.82. The van der Waals surface area contributed by atoms with Crippen molar-refractivity contribution in [1.29, 1.82) is 0 Å². The molecule has 3 N–H and O–H groups in total. The largest absolute Gasteiger partial charge is 0.369 e. The zero-order valence-corrected chi connectivity index (χ0v) is 13.6. The van der Waals surface area contributed by atoms with Gasteiger partial charge in [-0.05, 0) is 48.8 Å². The molecule has 116 valence electrons. The molecule has 0 aliphatic heterocycles. The molecule has 1 aromatic rings. The third-order valence-electron chi connectivity index (χ3n) is 4.57. The van der Waals surface area contributed by atoms with Crippen LogP contribution in [0.4, 0.5) is 0 Å². The number of primary amides is 1. The predicted octanol–water partition coefficient (Wildman–Crippen LogP) is 3.47. The summed E-state index contributed by atoms with van der Waals surface area (Å²) >= 11 is 5.89. The van der Waals surface area contributed by atoms with E-state index in [1.165, 1.54) is 25.7 Å². The van der Waals surface area contributed by atoms with Crippen molar-refractivity contribution in [1.82, 2.24) is 5.32 Å². The monoisotopic (exact) mass is 308 g/mol. The summed E-state index contributed by atoms with van der Waals surface area (Å²) in [5.41, 5.74) is 6.94. The van der Waals surface area contributed by atoms with Crippen LogP contribution in [0.25, 0.3) is 0 Å². The summed E-state index contributed by atoms with van der Waals surface area (Å²) in [7, 11) is 0. The Hall–Kier alpha value is -1.06. The molecular weight excluding hydrogens is 284 g/mol. The lowest BCUT2D eigenvalue weighted by Crippen LogP contribution is -2.40. The van der Waals surface area contributed by atoms with E-state index in [0.29, 0.717) is 23.0 Å². The fourth-order valence-electron chi connectivity index (χ4n) is 2.97. The highest BCUT2D eigenvalue weighted by atomic mass is 35.5. The Kier molecular flexibility index (Phi) is 5.28. The highest BCUT2D eigenvalue weighted by molar-refractivity contribution is 6.30. The number of nitrogens with one attached hydrogen (secondary N) is 1. The van der Waals surface area contributed by atoms with Crippen molar-refractivity contribution in [3.05, 3.63) is 34.9 Å². The van der Waals surface area contributed by atoms with E-state index in [9.17, 15) is 4.79 Å². The minimum Gasteiger partial charge on any atom is -0.369 e. The molecule has 1 amide bonds. The first-order valence-electron chi connectivity index (χ1n) is 7.65. The molecule has 0 heterocycles. The first-order valence-corrected chi connectivity index (χ1v) is 8.03. The van der Waals surface area contributed by atoms with E-state index in [0.717, 1.165) is 5.56 Å². The Labute approximate surface area is 132 Å². The normalized spacial score (nSPS) is 20.1. The fourth-order valence-corrected chi connectivity index (χ4v) is 3.09. The highest BCUT2D eigenvalue weighted by Crippen LogP contribution is 2.35. The van der Waals surface area contributed by atoms with E-state index in [4.69, 9.17) is 17.3 Å². The van der Waals surface area contributed by atoms with Crippen molar-refractivity contribution < 1.29 is 4.79 Å². The fraction of sp³-hybridized carbons (Fsp3) is 0.588. The minimum absolute atomic E-state index is 0.291. The van der Waals surface area contributed by atoms with Crippen molar-refractivity contribution in [2.45, 2.75) is 51.5 Å². The molecule has 2 rings (SSSR count). The van der Waals surface area contributed by atoms with Crippen molar-refractivity contribution in [3.63, 3.8) is 0 Å². The third kappa shape index (κ3) is 4.72. The first kappa shape index (κ1) is 16.3. The summed E-state index contributed by atoms with van der Waals surface area (Å²) < 4.78 is 0. The van der Waals surface area contributed by atoms with Crippen LogP contribution in [-0.2, 0) is 4.79 Å². The highest BCUT2D eigenvalue weighted by Gasteiger charge is 2.27. The molecule has 1 atom stereocenters. The average Bonchev–Trinajstić information content (AvgIpc) is 2.42. The van der Waals surface area contributed by atoms with Crippen molar-refractivity contribution in [2.75, 3.05) is 6.54 Å². The van der Waals surface area contributed by atoms with Gasteiger partial charge in [0.15, 0.2) is 0 Å². The van der Waals surface area contributed by atoms with Crippen LogP contribution in [-0.4, -0.2) is 18.5 Å². The Morgan fingerprint density at radius 3 is 2.43 bits per heavy atom. The molecule has 0 bridgehead atoms. The van der Waals surface area contributed by atoms with E-state index in [1.54, 1.807) is 12.1 Å². The molecule has 1 aliphatic carbocycles. The molecule has 4 heteroatoms. The van der Waals surface area contributed by atoms with E-state index in [-0.39, 0.29) is 11.8 Å². The van der Waals surface area contributed by atoms with E-state index < -0.39 is 0 Å². The quantitative estimate of drug-likeness (QED) is 0.875. The summed E-state index contributed by atoms with van der Waals surface area (Å²) in [6.45, 7) is 5.24. The molecule has 0 spiro atoms. The van der Waals surface area contributed by atoms with Crippen LogP contribution in [0, 0.1) is 5.41 Å². The maximum Gasteiger partial charge on any atom is 0.226 e. The van der Waals surface area contributed by atoms with Crippen LogP contribution in [0.2, 0.25) is 5.02 Å². The zero-order chi connectivity index (χ0) is 15.5. The molecule has 1 aromatic carbocycles. The maximum absolute atomic E-state index is 11.7. The van der Waals surface area contributed by atoms with Gasteiger partial charge in [0, 0.05) is 17.6 Å². The van der Waals surface area contributed by atoms with Gasteiger partial charge in [-0.2, -0.15) is 0 Å². The van der Waals surface area contributed by atoms with E-state index in [2.05, 4.69) is 19.2 Å². The van der Waals surface area contributed by atoms with E-state index in [1.807, 2.05) is 12.1 Å². The minimum atomic E-state index is -0.294. The van der Waals surface area contributed by atoms with Crippen molar-refractivity contribution in [2.24, 2.45) is 11.1 Å². The molecule has 0 aromatic heterocycles. The topological polar surface area (TPSA) is 55.1 Å². The van der Waals surface area contributed by atoms with Gasteiger partial charge >= 0.3 is 0 Å². The Bertz CT molecular complexity index is 474. The number of carbonyl (C=O) groups excluding carboxylic acids is 1. The summed E-state index contributed by atoms with van der Waals surface area (Å²) in [5.74, 6) is -0.585. The van der Waals surface area contributed by atoms with Gasteiger partial charge in [0.1, 0.15) is 0 Å². The standard InChI is InChI=1S/C17H25ClN2O/c1-17(2)9-7-14(8-10-17)20-11-15(16(19)21)12-3-5-13(18)6-4-12/h3-6,14-15,20H,7-11H2,1-2H3,(H2,19,21)/t15-/m1/s1. The van der Waals surface area contributed by atoms with Crippen LogP contribution in [0.1, 0.15) is 51.0 Å². The number of carbonyl (C=O) groups is 1. The molecule has 1 aliphatic rings. The maximum atomic E-state index is 11.7. The first-order chi connectivity index (χ1) is 9.87. The molecule has 3 nitrogen and oxygen atoms in total. The molecule has 21 heavy (non-hydrogen) atoms. The molecule has 1 saturated carbocycles. The lowest BCUT2D eigenvalue weighted by atomic mass is 9.75. The second-order valence-corrected chi connectivity index (χ2v) is 7.29. The summed E-state index contributed by atoms with van der Waals surface area (Å²) in [4.78, 5) is 11.7. The zero-order valence-electron chi connectivity index (χ0n) is 12.9. The van der Waals surface area contributed by atoms with Gasteiger partial charge in [-0.3, -0.25) is 4.79 Å². The Morgan fingerprint density at radius 1 is 1.33 bits per heavy atom. The van der Waals surface area contributed by atoms with Crippen molar-refractivity contribution >= 4 is 17.5 Å². The lowest BCUT2D eigenvalue weighted by molar-refractivity contribution is -0.119. The van der Waals surface area contributed by atoms with Gasteiger partial charge in [-0.1, -0.05) is 37.6 Å². The number of hydrogen-bond donors (Lipinski definition) is 2. The number of rotatable bonds is 5. The van der Waals surface area contributed by atoms with Crippen LogP contribution in [0.5, 0.6) is 0 Å². The second-order valence-electron chi connectivity index (χ2n) is 6.85. The number of amides is 1. The molecule has 0 radical (unpaired) electrons. The molecule has 0 saturated heterocycles. The summed E-state index contributed by atoms with van der Waals surface area (Å²) in [6.07, 6.45) is 4.79. The van der Waals surface area contributed by atoms with Gasteiger partial charge in [0.05, 0.1) is 5.92 Å². The van der Waals surface area contributed by atoms with Gasteiger partial charge in [-0.25, -0.2) is 0 Å². The van der Waals surface area contributed by atoms with Crippen LogP contribution in [0.15, 0.2) is 24.3 Å². The number of benzene rings is 1. The lowest BCUT2D eigenvalue weighted by Gasteiger charge is -2.35. The summed E-state index contributed by atoms with van der Waals surface area (Å²) in [6, 6.07) is 7.85. The average molecular weight is 309 g/mol. The number of halogens is 1. The second kappa shape index (κ2) is 6.80. The van der Waals surface area contributed by atoms with Crippen LogP contribution < -0.4 is 11.1 Å².